The first-order valence-electron chi connectivity index (χ1n) is 15.3. The number of anilines is 3. The van der Waals surface area contributed by atoms with Gasteiger partial charge < -0.3 is 25.8 Å². The summed E-state index contributed by atoms with van der Waals surface area (Å²) in [5, 5.41) is 10.6. The fourth-order valence-electron chi connectivity index (χ4n) is 6.37. The number of alkyl halides is 3. The van der Waals surface area contributed by atoms with Crippen LogP contribution in [0.4, 0.5) is 35.4 Å². The third kappa shape index (κ3) is 7.13. The summed E-state index contributed by atoms with van der Waals surface area (Å²) in [6, 6.07) is 4.03. The molecule has 0 bridgehead atoms. The third-order valence-electron chi connectivity index (χ3n) is 8.78. The predicted molar refractivity (Wildman–Crippen MR) is 161 cm³/mol. The van der Waals surface area contributed by atoms with Crippen LogP contribution in [0.1, 0.15) is 75.8 Å². The van der Waals surface area contributed by atoms with Crippen LogP contribution in [-0.2, 0) is 11.0 Å². The number of hydrogen-bond donors (Lipinski definition) is 4. The fourth-order valence-corrected chi connectivity index (χ4v) is 6.54. The van der Waals surface area contributed by atoms with Gasteiger partial charge in [0.15, 0.2) is 17.0 Å². The molecule has 1 aliphatic heterocycles. The van der Waals surface area contributed by atoms with Crippen molar-refractivity contribution in [1.82, 2.24) is 24.6 Å². The van der Waals surface area contributed by atoms with E-state index in [0.29, 0.717) is 43.7 Å². The first-order chi connectivity index (χ1) is 21.1. The number of imidazole rings is 1. The van der Waals surface area contributed by atoms with Gasteiger partial charge in [-0.2, -0.15) is 23.1 Å². The molecule has 0 spiro atoms. The standard InChI is InChI=1S/C29H37ClF3N9O2/c30-17-5-10-23(22(15-17)29(31,32)33)38-28(43)44-41-13-11-20(12-14-41)36-25-24-26(42(16-35-24)21-3-1-2-4-21)40-27(39-25)37-19-8-6-18(34)7-9-19/h5,10,15-16,18-21H,1-4,6-9,11-14,34H2,(H,38,43)(H2,36,37,39,40). The lowest BCUT2D eigenvalue weighted by Crippen LogP contribution is -2.41. The number of aromatic nitrogens is 4. The van der Waals surface area contributed by atoms with Crippen molar-refractivity contribution in [2.75, 3.05) is 29.0 Å². The van der Waals surface area contributed by atoms with Crippen LogP contribution in [0.15, 0.2) is 24.5 Å². The van der Waals surface area contributed by atoms with E-state index in [4.69, 9.17) is 37.1 Å². The Kier molecular flexibility index (Phi) is 9.01. The Balaban J connectivity index is 1.11. The maximum Gasteiger partial charge on any atom is 0.430 e. The van der Waals surface area contributed by atoms with E-state index in [1.807, 2.05) is 6.33 Å². The summed E-state index contributed by atoms with van der Waals surface area (Å²) in [6.07, 6.45) is 5.85. The molecule has 2 aromatic heterocycles. The Hall–Kier alpha value is -3.36. The lowest BCUT2D eigenvalue weighted by Gasteiger charge is -2.31. The van der Waals surface area contributed by atoms with Crippen molar-refractivity contribution in [3.05, 3.63) is 35.1 Å². The van der Waals surface area contributed by atoms with E-state index in [0.717, 1.165) is 61.8 Å². The summed E-state index contributed by atoms with van der Waals surface area (Å²) in [7, 11) is 0. The van der Waals surface area contributed by atoms with E-state index in [-0.39, 0.29) is 23.1 Å². The van der Waals surface area contributed by atoms with E-state index in [2.05, 4.69) is 20.5 Å². The van der Waals surface area contributed by atoms with Gasteiger partial charge in [-0.1, -0.05) is 24.4 Å². The minimum Gasteiger partial charge on any atom is -0.365 e. The number of rotatable bonds is 7. The summed E-state index contributed by atoms with van der Waals surface area (Å²) in [5.41, 5.74) is 6.16. The van der Waals surface area contributed by atoms with Gasteiger partial charge in [-0.05, 0) is 69.6 Å². The zero-order valence-corrected chi connectivity index (χ0v) is 25.0. The number of nitrogens with two attached hydrogens (primary N) is 1. The van der Waals surface area contributed by atoms with Crippen LogP contribution < -0.4 is 21.7 Å². The maximum atomic E-state index is 13.4. The number of hydroxylamine groups is 2. The van der Waals surface area contributed by atoms with Crippen molar-refractivity contribution in [2.24, 2.45) is 5.73 Å². The molecule has 11 nitrogen and oxygen atoms in total. The van der Waals surface area contributed by atoms with Crippen LogP contribution in [0.3, 0.4) is 0 Å². The second kappa shape index (κ2) is 12.9. The maximum absolute atomic E-state index is 13.4. The van der Waals surface area contributed by atoms with E-state index in [1.54, 1.807) is 0 Å². The molecular formula is C29H37ClF3N9O2. The second-order valence-electron chi connectivity index (χ2n) is 12.0. The average molecular weight is 636 g/mol. The number of halogens is 4. The molecule has 1 saturated heterocycles. The third-order valence-corrected chi connectivity index (χ3v) is 9.01. The first kappa shape index (κ1) is 30.7. The number of amides is 1. The zero-order valence-electron chi connectivity index (χ0n) is 24.2. The summed E-state index contributed by atoms with van der Waals surface area (Å²) in [5.74, 6) is 1.22. The molecule has 2 aliphatic carbocycles. The van der Waals surface area contributed by atoms with Crippen molar-refractivity contribution in [3.63, 3.8) is 0 Å². The molecule has 0 radical (unpaired) electrons. The molecule has 44 heavy (non-hydrogen) atoms. The van der Waals surface area contributed by atoms with Gasteiger partial charge in [-0.3, -0.25) is 5.32 Å². The lowest BCUT2D eigenvalue weighted by atomic mass is 9.92. The predicted octanol–water partition coefficient (Wildman–Crippen LogP) is 6.34. The van der Waals surface area contributed by atoms with E-state index < -0.39 is 23.5 Å². The molecule has 0 atom stereocenters. The van der Waals surface area contributed by atoms with Crippen LogP contribution in [0.2, 0.25) is 5.02 Å². The lowest BCUT2D eigenvalue weighted by molar-refractivity contribution is -0.137. The number of piperidine rings is 1. The molecule has 15 heteroatoms. The molecule has 6 rings (SSSR count). The molecule has 1 aromatic carbocycles. The van der Waals surface area contributed by atoms with Gasteiger partial charge in [0, 0.05) is 42.3 Å². The van der Waals surface area contributed by atoms with Crippen molar-refractivity contribution in [1.29, 1.82) is 0 Å². The first-order valence-corrected chi connectivity index (χ1v) is 15.6. The highest BCUT2D eigenvalue weighted by molar-refractivity contribution is 6.30. The number of benzene rings is 1. The SMILES string of the molecule is NC1CCC(Nc2nc(NC3CCN(OC(=O)Nc4ccc(Cl)cc4C(F)(F)F)CC3)c3ncn(C4CCCC4)c3n2)CC1. The van der Waals surface area contributed by atoms with Gasteiger partial charge in [-0.15, -0.1) is 5.06 Å². The number of fused-ring (bicyclic) bond motifs is 1. The largest absolute Gasteiger partial charge is 0.430 e. The average Bonchev–Trinajstić information content (AvgIpc) is 3.66. The minimum atomic E-state index is -4.68. The molecule has 3 fully saturated rings. The number of nitrogens with zero attached hydrogens (tertiary/aromatic N) is 5. The van der Waals surface area contributed by atoms with Crippen LogP contribution >= 0.6 is 11.6 Å². The normalized spacial score (nSPS) is 22.3. The molecular weight excluding hydrogens is 599 g/mol. The topological polar surface area (TPSA) is 135 Å². The number of hydrogen-bond acceptors (Lipinski definition) is 9. The summed E-state index contributed by atoms with van der Waals surface area (Å²) in [6.45, 7) is 0.770. The van der Waals surface area contributed by atoms with Crippen LogP contribution in [0.5, 0.6) is 0 Å². The molecule has 238 valence electrons. The van der Waals surface area contributed by atoms with Gasteiger partial charge in [0.25, 0.3) is 0 Å². The Morgan fingerprint density at radius 2 is 1.68 bits per heavy atom. The Morgan fingerprint density at radius 3 is 2.39 bits per heavy atom. The molecule has 3 aliphatic rings. The second-order valence-corrected chi connectivity index (χ2v) is 12.4. The molecule has 3 aromatic rings. The highest BCUT2D eigenvalue weighted by Gasteiger charge is 2.35. The monoisotopic (exact) mass is 635 g/mol. The highest BCUT2D eigenvalue weighted by atomic mass is 35.5. The van der Waals surface area contributed by atoms with Crippen LogP contribution in [0, 0.1) is 0 Å². The van der Waals surface area contributed by atoms with Crippen LogP contribution in [0.25, 0.3) is 11.2 Å². The molecule has 1 amide bonds. The Bertz CT molecular complexity index is 1460. The van der Waals surface area contributed by atoms with E-state index >= 15 is 0 Å². The van der Waals surface area contributed by atoms with Crippen molar-refractivity contribution in [3.8, 4) is 0 Å². The summed E-state index contributed by atoms with van der Waals surface area (Å²) >= 11 is 5.73. The smallest absolute Gasteiger partial charge is 0.365 e. The van der Waals surface area contributed by atoms with Crippen molar-refractivity contribution >= 4 is 46.3 Å². The molecule has 3 heterocycles. The quantitative estimate of drug-likeness (QED) is 0.235. The van der Waals surface area contributed by atoms with E-state index in [9.17, 15) is 18.0 Å². The molecule has 0 unspecified atom stereocenters. The fraction of sp³-hybridized carbons (Fsp3) is 0.586. The summed E-state index contributed by atoms with van der Waals surface area (Å²) in [4.78, 5) is 32.2. The Morgan fingerprint density at radius 1 is 0.977 bits per heavy atom. The number of nitrogens with one attached hydrogen (secondary N) is 3. The van der Waals surface area contributed by atoms with Gasteiger partial charge in [0.2, 0.25) is 5.95 Å². The van der Waals surface area contributed by atoms with Crippen LogP contribution in [-0.4, -0.2) is 61.9 Å². The Labute approximate surface area is 258 Å². The molecule has 5 N–H and O–H groups in total. The minimum absolute atomic E-state index is 0.0151. The highest BCUT2D eigenvalue weighted by Crippen LogP contribution is 2.37. The van der Waals surface area contributed by atoms with Crippen molar-refractivity contribution in [2.45, 2.75) is 94.6 Å². The van der Waals surface area contributed by atoms with Gasteiger partial charge >= 0.3 is 12.3 Å². The summed E-state index contributed by atoms with van der Waals surface area (Å²) < 4.78 is 42.4. The van der Waals surface area contributed by atoms with Gasteiger partial charge in [0.05, 0.1) is 17.6 Å². The van der Waals surface area contributed by atoms with Gasteiger partial charge in [-0.25, -0.2) is 9.78 Å². The number of carbonyl (C=O) groups excluding carboxylic acids is 1. The van der Waals surface area contributed by atoms with Crippen molar-refractivity contribution < 1.29 is 22.8 Å². The number of carbonyl (C=O) groups is 1. The van der Waals surface area contributed by atoms with Gasteiger partial charge in [0.1, 0.15) is 0 Å². The van der Waals surface area contributed by atoms with E-state index in [1.165, 1.54) is 24.0 Å². The zero-order chi connectivity index (χ0) is 30.8. The molecule has 2 saturated carbocycles.